The monoisotopic (exact) mass is 480 g/mol. The summed E-state index contributed by atoms with van der Waals surface area (Å²) in [5, 5.41) is 15.1. The van der Waals surface area contributed by atoms with Crippen molar-refractivity contribution >= 4 is 18.0 Å². The summed E-state index contributed by atoms with van der Waals surface area (Å²) < 4.78 is 5.64. The summed E-state index contributed by atoms with van der Waals surface area (Å²) in [6.07, 6.45) is 0.355. The summed E-state index contributed by atoms with van der Waals surface area (Å²) in [6, 6.07) is 15.6. The van der Waals surface area contributed by atoms with Gasteiger partial charge < -0.3 is 20.5 Å². The Kier molecular flexibility index (Phi) is 8.20. The number of amides is 2. The first-order valence-corrected chi connectivity index (χ1v) is 12.3. The van der Waals surface area contributed by atoms with Crippen molar-refractivity contribution in [2.45, 2.75) is 65.0 Å². The van der Waals surface area contributed by atoms with Gasteiger partial charge in [0, 0.05) is 12.0 Å². The van der Waals surface area contributed by atoms with Crippen molar-refractivity contribution in [2.24, 2.45) is 11.8 Å². The second kappa shape index (κ2) is 10.9. The van der Waals surface area contributed by atoms with Gasteiger partial charge in [-0.15, -0.1) is 0 Å². The Morgan fingerprint density at radius 2 is 1.54 bits per heavy atom. The lowest BCUT2D eigenvalue weighted by atomic mass is 9.88. The molecule has 0 bridgehead atoms. The van der Waals surface area contributed by atoms with Crippen LogP contribution in [-0.2, 0) is 14.3 Å². The van der Waals surface area contributed by atoms with Crippen molar-refractivity contribution < 1.29 is 24.2 Å². The SMILES string of the molecule is CCCC(C)(NC(=O)OCC1c2ccccc2-c2ccccc21)C(=O)NC(C)C(C(=O)O)C(C)C. The maximum Gasteiger partial charge on any atom is 0.408 e. The molecule has 35 heavy (non-hydrogen) atoms. The Morgan fingerprint density at radius 1 is 1.00 bits per heavy atom. The van der Waals surface area contributed by atoms with Crippen LogP contribution >= 0.6 is 0 Å². The predicted octanol–water partition coefficient (Wildman–Crippen LogP) is 4.95. The first-order valence-electron chi connectivity index (χ1n) is 12.3. The van der Waals surface area contributed by atoms with E-state index in [4.69, 9.17) is 4.74 Å². The largest absolute Gasteiger partial charge is 0.481 e. The van der Waals surface area contributed by atoms with Gasteiger partial charge >= 0.3 is 12.1 Å². The van der Waals surface area contributed by atoms with Crippen molar-refractivity contribution in [1.29, 1.82) is 0 Å². The molecule has 188 valence electrons. The summed E-state index contributed by atoms with van der Waals surface area (Å²) >= 11 is 0. The van der Waals surface area contributed by atoms with Crippen LogP contribution in [0.25, 0.3) is 11.1 Å². The average Bonchev–Trinajstić information content (AvgIpc) is 3.11. The molecule has 2 aromatic rings. The van der Waals surface area contributed by atoms with E-state index < -0.39 is 35.5 Å². The van der Waals surface area contributed by atoms with E-state index in [0.717, 1.165) is 22.3 Å². The first-order chi connectivity index (χ1) is 16.6. The third kappa shape index (κ3) is 5.66. The minimum absolute atomic E-state index is 0.0817. The van der Waals surface area contributed by atoms with Crippen molar-refractivity contribution in [2.75, 3.05) is 6.61 Å². The summed E-state index contributed by atoms with van der Waals surface area (Å²) in [7, 11) is 0. The highest BCUT2D eigenvalue weighted by molar-refractivity contribution is 5.90. The highest BCUT2D eigenvalue weighted by Gasteiger charge is 2.38. The van der Waals surface area contributed by atoms with Crippen LogP contribution in [0, 0.1) is 11.8 Å². The molecule has 7 heteroatoms. The maximum absolute atomic E-state index is 13.2. The molecule has 3 atom stereocenters. The number of nitrogens with one attached hydrogen (secondary N) is 2. The van der Waals surface area contributed by atoms with E-state index in [1.165, 1.54) is 0 Å². The minimum atomic E-state index is -1.23. The van der Waals surface area contributed by atoms with E-state index in [1.807, 2.05) is 57.2 Å². The average molecular weight is 481 g/mol. The molecule has 0 heterocycles. The van der Waals surface area contributed by atoms with Crippen LogP contribution in [0.4, 0.5) is 4.79 Å². The minimum Gasteiger partial charge on any atom is -0.481 e. The van der Waals surface area contributed by atoms with E-state index in [-0.39, 0.29) is 18.4 Å². The lowest BCUT2D eigenvalue weighted by Gasteiger charge is -2.32. The van der Waals surface area contributed by atoms with Gasteiger partial charge in [0.1, 0.15) is 12.1 Å². The van der Waals surface area contributed by atoms with Crippen LogP contribution in [0.15, 0.2) is 48.5 Å². The molecule has 0 saturated heterocycles. The zero-order chi connectivity index (χ0) is 25.8. The van der Waals surface area contributed by atoms with E-state index in [1.54, 1.807) is 13.8 Å². The summed E-state index contributed by atoms with van der Waals surface area (Å²) in [4.78, 5) is 37.7. The van der Waals surface area contributed by atoms with Gasteiger partial charge in [-0.2, -0.15) is 0 Å². The lowest BCUT2D eigenvalue weighted by Crippen LogP contribution is -2.59. The molecule has 0 fully saturated rings. The molecule has 2 aromatic carbocycles. The van der Waals surface area contributed by atoms with Gasteiger partial charge in [-0.3, -0.25) is 9.59 Å². The molecular formula is C28H36N2O5. The standard InChI is InChI=1S/C28H36N2O5/c1-6-15-28(5,26(33)29-18(4)24(17(2)3)25(31)32)30-27(34)35-16-23-21-13-9-7-11-19(21)20-12-8-10-14-22(20)23/h7-14,17-18,23-24H,6,15-16H2,1-5H3,(H,29,33)(H,30,34)(H,31,32). The molecule has 3 unspecified atom stereocenters. The van der Waals surface area contributed by atoms with Gasteiger partial charge in [-0.25, -0.2) is 4.79 Å². The Hall–Kier alpha value is -3.35. The van der Waals surface area contributed by atoms with Crippen LogP contribution < -0.4 is 10.6 Å². The van der Waals surface area contributed by atoms with Gasteiger partial charge in [0.05, 0.1) is 5.92 Å². The second-order valence-corrected chi connectivity index (χ2v) is 9.90. The van der Waals surface area contributed by atoms with E-state index in [2.05, 4.69) is 22.8 Å². The molecule has 1 aliphatic rings. The Balaban J connectivity index is 1.69. The quantitative estimate of drug-likeness (QED) is 0.447. The number of hydrogen-bond donors (Lipinski definition) is 3. The number of carbonyl (C=O) groups is 3. The molecule has 0 radical (unpaired) electrons. The van der Waals surface area contributed by atoms with Gasteiger partial charge in [-0.05, 0) is 48.4 Å². The molecule has 7 nitrogen and oxygen atoms in total. The van der Waals surface area contributed by atoms with Crippen molar-refractivity contribution in [3.8, 4) is 11.1 Å². The molecule has 0 aliphatic heterocycles. The number of ether oxygens (including phenoxy) is 1. The fourth-order valence-electron chi connectivity index (χ4n) is 5.12. The van der Waals surface area contributed by atoms with Gasteiger partial charge in [0.2, 0.25) is 5.91 Å². The van der Waals surface area contributed by atoms with Crippen LogP contribution in [0.1, 0.15) is 64.5 Å². The van der Waals surface area contributed by atoms with Crippen molar-refractivity contribution in [3.63, 3.8) is 0 Å². The highest BCUT2D eigenvalue weighted by Crippen LogP contribution is 2.44. The molecule has 0 saturated carbocycles. The fourth-order valence-corrected chi connectivity index (χ4v) is 5.12. The van der Waals surface area contributed by atoms with E-state index in [0.29, 0.717) is 12.8 Å². The number of carboxylic acid groups (broad SMARTS) is 1. The van der Waals surface area contributed by atoms with E-state index >= 15 is 0 Å². The van der Waals surface area contributed by atoms with E-state index in [9.17, 15) is 19.5 Å². The third-order valence-electron chi connectivity index (χ3n) is 6.87. The number of benzene rings is 2. The van der Waals surface area contributed by atoms with Crippen molar-refractivity contribution in [3.05, 3.63) is 59.7 Å². The Labute approximate surface area is 207 Å². The highest BCUT2D eigenvalue weighted by atomic mass is 16.5. The topological polar surface area (TPSA) is 105 Å². The maximum atomic E-state index is 13.2. The molecular weight excluding hydrogens is 444 g/mol. The Bertz CT molecular complexity index is 1040. The summed E-state index contributed by atoms with van der Waals surface area (Å²) in [6.45, 7) is 9.00. The molecule has 0 spiro atoms. The fraction of sp³-hybridized carbons (Fsp3) is 0.464. The number of fused-ring (bicyclic) bond motifs is 3. The van der Waals surface area contributed by atoms with Crippen LogP contribution in [0.2, 0.25) is 0 Å². The normalized spacial score (nSPS) is 15.9. The lowest BCUT2D eigenvalue weighted by molar-refractivity contribution is -0.144. The zero-order valence-corrected chi connectivity index (χ0v) is 21.1. The third-order valence-corrected chi connectivity index (χ3v) is 6.87. The van der Waals surface area contributed by atoms with Crippen LogP contribution in [0.3, 0.4) is 0 Å². The molecule has 3 N–H and O–H groups in total. The number of hydrogen-bond acceptors (Lipinski definition) is 4. The number of alkyl carbamates (subject to hydrolysis) is 1. The van der Waals surface area contributed by atoms with Crippen LogP contribution in [-0.4, -0.2) is 41.3 Å². The first kappa shape index (κ1) is 26.3. The number of rotatable bonds is 10. The molecule has 0 aromatic heterocycles. The molecule has 1 aliphatic carbocycles. The van der Waals surface area contributed by atoms with Crippen molar-refractivity contribution in [1.82, 2.24) is 10.6 Å². The van der Waals surface area contributed by atoms with Crippen LogP contribution in [0.5, 0.6) is 0 Å². The van der Waals surface area contributed by atoms with Gasteiger partial charge in [-0.1, -0.05) is 75.7 Å². The smallest absolute Gasteiger partial charge is 0.408 e. The number of aliphatic carboxylic acids is 1. The predicted molar refractivity (Wildman–Crippen MR) is 135 cm³/mol. The number of carbonyl (C=O) groups excluding carboxylic acids is 2. The molecule has 3 rings (SSSR count). The van der Waals surface area contributed by atoms with Gasteiger partial charge in [0.15, 0.2) is 0 Å². The zero-order valence-electron chi connectivity index (χ0n) is 21.1. The Morgan fingerprint density at radius 3 is 2.03 bits per heavy atom. The number of carboxylic acids is 1. The molecule has 2 amide bonds. The second-order valence-electron chi connectivity index (χ2n) is 9.90. The summed E-state index contributed by atoms with van der Waals surface area (Å²) in [5.41, 5.74) is 3.26. The van der Waals surface area contributed by atoms with Gasteiger partial charge in [0.25, 0.3) is 0 Å². The summed E-state index contributed by atoms with van der Waals surface area (Å²) in [5.74, 6) is -2.36.